The van der Waals surface area contributed by atoms with Crippen molar-refractivity contribution in [2.75, 3.05) is 0 Å². The summed E-state index contributed by atoms with van der Waals surface area (Å²) in [5.41, 5.74) is 1.62. The molecule has 88 valence electrons. The van der Waals surface area contributed by atoms with Gasteiger partial charge in [-0.1, -0.05) is 45.7 Å². The average molecular weight is 376 g/mol. The molecule has 1 N–H and O–H groups in total. The van der Waals surface area contributed by atoms with Crippen LogP contribution in [-0.2, 0) is 0 Å². The minimum absolute atomic E-state index is 0.596. The Bertz CT molecular complexity index is 525. The van der Waals surface area contributed by atoms with E-state index in [-0.39, 0.29) is 0 Å². The predicted octanol–water partition coefficient (Wildman–Crippen LogP) is 4.95. The molecule has 0 aliphatic carbocycles. The first-order valence-electron chi connectivity index (χ1n) is 4.96. The molecule has 1 nitrogen and oxygen atoms in total. The molecule has 2 aromatic rings. The van der Waals surface area contributed by atoms with Crippen molar-refractivity contribution in [2.45, 2.75) is 6.10 Å². The third-order valence-electron chi connectivity index (χ3n) is 2.45. The Kier molecular flexibility index (Phi) is 4.26. The summed E-state index contributed by atoms with van der Waals surface area (Å²) < 4.78 is 1.81. The molecule has 1 atom stereocenters. The van der Waals surface area contributed by atoms with Crippen molar-refractivity contribution >= 4 is 43.5 Å². The van der Waals surface area contributed by atoms with E-state index in [0.717, 1.165) is 20.1 Å². The summed E-state index contributed by atoms with van der Waals surface area (Å²) in [6, 6.07) is 13.0. The van der Waals surface area contributed by atoms with E-state index in [2.05, 4.69) is 31.9 Å². The van der Waals surface area contributed by atoms with Crippen LogP contribution >= 0.6 is 43.5 Å². The molecule has 17 heavy (non-hydrogen) atoms. The number of aliphatic hydroxyl groups is 1. The standard InChI is InChI=1S/C13H9Br2ClO/c14-10-4-1-8(2-5-10)13(17)9-3-6-11(15)12(16)7-9/h1-7,13,17H. The zero-order valence-corrected chi connectivity index (χ0v) is 12.6. The number of hydrogen-bond acceptors (Lipinski definition) is 1. The Morgan fingerprint density at radius 2 is 1.53 bits per heavy atom. The van der Waals surface area contributed by atoms with Crippen LogP contribution in [-0.4, -0.2) is 5.11 Å². The van der Waals surface area contributed by atoms with E-state index in [1.54, 1.807) is 6.07 Å². The molecule has 2 aromatic carbocycles. The zero-order chi connectivity index (χ0) is 12.4. The van der Waals surface area contributed by atoms with Crippen LogP contribution in [0.25, 0.3) is 0 Å². The van der Waals surface area contributed by atoms with Crippen molar-refractivity contribution in [3.8, 4) is 0 Å². The minimum Gasteiger partial charge on any atom is -0.384 e. The fraction of sp³-hybridized carbons (Fsp3) is 0.0769. The lowest BCUT2D eigenvalue weighted by molar-refractivity contribution is 0.220. The molecule has 0 spiro atoms. The Balaban J connectivity index is 2.33. The topological polar surface area (TPSA) is 20.2 Å². The van der Waals surface area contributed by atoms with Gasteiger partial charge in [0.2, 0.25) is 0 Å². The van der Waals surface area contributed by atoms with Crippen LogP contribution in [0.4, 0.5) is 0 Å². The highest BCUT2D eigenvalue weighted by atomic mass is 79.9. The SMILES string of the molecule is OC(c1ccc(Br)cc1)c1ccc(Br)c(Cl)c1. The van der Waals surface area contributed by atoms with Gasteiger partial charge in [-0.2, -0.15) is 0 Å². The van der Waals surface area contributed by atoms with Gasteiger partial charge in [-0.3, -0.25) is 0 Å². The van der Waals surface area contributed by atoms with Crippen molar-refractivity contribution in [2.24, 2.45) is 0 Å². The second-order valence-corrected chi connectivity index (χ2v) is 5.80. The fourth-order valence-corrected chi connectivity index (χ4v) is 2.22. The van der Waals surface area contributed by atoms with Crippen LogP contribution in [0, 0.1) is 0 Å². The van der Waals surface area contributed by atoms with Gasteiger partial charge in [0.15, 0.2) is 0 Å². The van der Waals surface area contributed by atoms with E-state index < -0.39 is 6.10 Å². The molecule has 0 saturated heterocycles. The molecule has 0 aromatic heterocycles. The van der Waals surface area contributed by atoms with Crippen LogP contribution in [0.2, 0.25) is 5.02 Å². The predicted molar refractivity (Wildman–Crippen MR) is 77.4 cm³/mol. The van der Waals surface area contributed by atoms with E-state index >= 15 is 0 Å². The van der Waals surface area contributed by atoms with Crippen LogP contribution in [0.3, 0.4) is 0 Å². The quantitative estimate of drug-likeness (QED) is 0.787. The molecular weight excluding hydrogens is 367 g/mol. The lowest BCUT2D eigenvalue weighted by atomic mass is 10.0. The van der Waals surface area contributed by atoms with Crippen LogP contribution in [0.15, 0.2) is 51.4 Å². The molecule has 0 aliphatic heterocycles. The van der Waals surface area contributed by atoms with Gasteiger partial charge < -0.3 is 5.11 Å². The maximum atomic E-state index is 10.2. The summed E-state index contributed by atoms with van der Waals surface area (Å²) in [4.78, 5) is 0. The highest BCUT2D eigenvalue weighted by Gasteiger charge is 2.11. The summed E-state index contributed by atoms with van der Waals surface area (Å²) in [6.07, 6.45) is -0.659. The third-order valence-corrected chi connectivity index (χ3v) is 4.21. The molecular formula is C13H9Br2ClO. The van der Waals surface area contributed by atoms with Crippen LogP contribution in [0.1, 0.15) is 17.2 Å². The molecule has 2 rings (SSSR count). The van der Waals surface area contributed by atoms with Gasteiger partial charge in [0.05, 0.1) is 5.02 Å². The van der Waals surface area contributed by atoms with Crippen molar-refractivity contribution < 1.29 is 5.11 Å². The molecule has 0 radical (unpaired) electrons. The van der Waals surface area contributed by atoms with E-state index in [1.807, 2.05) is 36.4 Å². The summed E-state index contributed by atoms with van der Waals surface area (Å²) in [5, 5.41) is 10.8. The van der Waals surface area contributed by atoms with Gasteiger partial charge in [-0.05, 0) is 51.3 Å². The summed E-state index contributed by atoms with van der Waals surface area (Å²) in [5.74, 6) is 0. The minimum atomic E-state index is -0.659. The molecule has 0 saturated carbocycles. The van der Waals surface area contributed by atoms with Crippen LogP contribution < -0.4 is 0 Å². The van der Waals surface area contributed by atoms with Crippen molar-refractivity contribution in [1.82, 2.24) is 0 Å². The van der Waals surface area contributed by atoms with Gasteiger partial charge in [-0.25, -0.2) is 0 Å². The van der Waals surface area contributed by atoms with Crippen molar-refractivity contribution in [3.05, 3.63) is 67.6 Å². The molecule has 4 heteroatoms. The smallest absolute Gasteiger partial charge is 0.104 e. The lowest BCUT2D eigenvalue weighted by Gasteiger charge is -2.12. The van der Waals surface area contributed by atoms with Gasteiger partial charge >= 0.3 is 0 Å². The average Bonchev–Trinajstić information content (AvgIpc) is 2.33. The van der Waals surface area contributed by atoms with Gasteiger partial charge in [-0.15, -0.1) is 0 Å². The van der Waals surface area contributed by atoms with Crippen LogP contribution in [0.5, 0.6) is 0 Å². The normalized spacial score (nSPS) is 12.5. The zero-order valence-electron chi connectivity index (χ0n) is 8.70. The maximum absolute atomic E-state index is 10.2. The van der Waals surface area contributed by atoms with E-state index in [1.165, 1.54) is 0 Å². The number of hydrogen-bond donors (Lipinski definition) is 1. The highest BCUT2D eigenvalue weighted by Crippen LogP contribution is 2.29. The van der Waals surface area contributed by atoms with E-state index in [4.69, 9.17) is 11.6 Å². The Hall–Kier alpha value is -0.350. The van der Waals surface area contributed by atoms with Gasteiger partial charge in [0.1, 0.15) is 6.10 Å². The second-order valence-electron chi connectivity index (χ2n) is 3.63. The lowest BCUT2D eigenvalue weighted by Crippen LogP contribution is -1.99. The number of aliphatic hydroxyl groups excluding tert-OH is 1. The van der Waals surface area contributed by atoms with Crippen molar-refractivity contribution in [3.63, 3.8) is 0 Å². The molecule has 0 bridgehead atoms. The molecule has 0 fully saturated rings. The molecule has 0 amide bonds. The third kappa shape index (κ3) is 3.10. The molecule has 0 heterocycles. The molecule has 1 unspecified atom stereocenters. The van der Waals surface area contributed by atoms with Crippen molar-refractivity contribution in [1.29, 1.82) is 0 Å². The Morgan fingerprint density at radius 1 is 0.941 bits per heavy atom. The largest absolute Gasteiger partial charge is 0.384 e. The summed E-state index contributed by atoms with van der Waals surface area (Å²) in [7, 11) is 0. The summed E-state index contributed by atoms with van der Waals surface area (Å²) >= 11 is 12.7. The summed E-state index contributed by atoms with van der Waals surface area (Å²) in [6.45, 7) is 0. The van der Waals surface area contributed by atoms with Gasteiger partial charge in [0.25, 0.3) is 0 Å². The number of rotatable bonds is 2. The monoisotopic (exact) mass is 374 g/mol. The Labute approximate surface area is 122 Å². The van der Waals surface area contributed by atoms with E-state index in [9.17, 15) is 5.11 Å². The first kappa shape index (κ1) is 13.1. The van der Waals surface area contributed by atoms with Gasteiger partial charge in [0, 0.05) is 8.95 Å². The number of halogens is 3. The Morgan fingerprint density at radius 3 is 2.12 bits per heavy atom. The first-order chi connectivity index (χ1) is 8.08. The second kappa shape index (κ2) is 5.53. The first-order valence-corrected chi connectivity index (χ1v) is 6.93. The highest BCUT2D eigenvalue weighted by molar-refractivity contribution is 9.10. The van der Waals surface area contributed by atoms with E-state index in [0.29, 0.717) is 5.02 Å². The molecule has 0 aliphatic rings. The maximum Gasteiger partial charge on any atom is 0.104 e. The fourth-order valence-electron chi connectivity index (χ4n) is 1.52. The number of benzene rings is 2.